The van der Waals surface area contributed by atoms with Gasteiger partial charge in [-0.05, 0) is 29.4 Å². The van der Waals surface area contributed by atoms with E-state index in [-0.39, 0.29) is 115 Å². The number of amides is 4. The molecule has 2 aromatic carbocycles. The zero-order chi connectivity index (χ0) is 50.8. The van der Waals surface area contributed by atoms with Crippen molar-refractivity contribution in [3.8, 4) is 0 Å². The van der Waals surface area contributed by atoms with E-state index in [0.717, 1.165) is 11.1 Å². The van der Waals surface area contributed by atoms with Crippen LogP contribution in [0.4, 0.5) is 11.4 Å². The third-order valence-corrected chi connectivity index (χ3v) is 11.9. The average molecular weight is 966 g/mol. The van der Waals surface area contributed by atoms with Crippen molar-refractivity contribution < 1.29 is 48.9 Å². The summed E-state index contributed by atoms with van der Waals surface area (Å²) in [4.78, 5) is 127. The Morgan fingerprint density at radius 1 is 0.681 bits per heavy atom. The molecule has 23 nitrogen and oxygen atoms in total. The third kappa shape index (κ3) is 17.7. The fraction of sp³-hybridized carbons (Fsp3) is 0.565. The van der Waals surface area contributed by atoms with Crippen LogP contribution in [0.1, 0.15) is 64.3 Å². The number of nitrogens with one attached hydrogen (secondary N) is 6. The first kappa shape index (κ1) is 54.9. The summed E-state index contributed by atoms with van der Waals surface area (Å²) < 4.78 is 0. The van der Waals surface area contributed by atoms with Crippen LogP contribution in [-0.4, -0.2) is 172 Å². The van der Waals surface area contributed by atoms with Gasteiger partial charge >= 0.3 is 17.9 Å². The number of aromatic amines is 1. The van der Waals surface area contributed by atoms with Crippen LogP contribution in [-0.2, 0) is 53.1 Å². The highest BCUT2D eigenvalue weighted by atomic mass is 16.4. The van der Waals surface area contributed by atoms with Crippen LogP contribution in [0.3, 0.4) is 0 Å². The van der Waals surface area contributed by atoms with Crippen LogP contribution in [0, 0.1) is 11.8 Å². The summed E-state index contributed by atoms with van der Waals surface area (Å²) in [6.45, 7) is 9.39. The number of benzene rings is 1. The van der Waals surface area contributed by atoms with E-state index in [1.807, 2.05) is 27.7 Å². The van der Waals surface area contributed by atoms with Gasteiger partial charge in [-0.3, -0.25) is 57.9 Å². The second kappa shape index (κ2) is 26.7. The van der Waals surface area contributed by atoms with Crippen LogP contribution in [0.5, 0.6) is 0 Å². The number of aliphatic carboxylic acids is 3. The molecule has 1 fully saturated rings. The normalized spacial score (nSPS) is 16.3. The number of nitrogens with zero attached hydrogens (tertiary/aromatic N) is 5. The largest absolute Gasteiger partial charge is 0.480 e. The molecule has 23 heteroatoms. The molecule has 1 aliphatic rings. The van der Waals surface area contributed by atoms with Crippen molar-refractivity contribution in [2.24, 2.45) is 11.8 Å². The molecule has 0 bridgehead atoms. The SMILES string of the molecule is CCC(C)[C@H](NC(=O)[C@H](Cc1cnc[nH]1)NC(C)=O)C(=O)N[C@@H](CC(C)C)C(=O)NCc1ccc(CNc2c(N3CCN(CC(=O)O)CCN(CC(=O)O)CCN(CC(=O)O)CC3)c(=O)c2=O)cc1. The topological polar surface area (TPSA) is 316 Å². The van der Waals surface area contributed by atoms with E-state index in [0.29, 0.717) is 18.5 Å². The summed E-state index contributed by atoms with van der Waals surface area (Å²) >= 11 is 0. The molecule has 378 valence electrons. The van der Waals surface area contributed by atoms with Gasteiger partial charge in [-0.25, -0.2) is 4.98 Å². The van der Waals surface area contributed by atoms with Gasteiger partial charge in [0.15, 0.2) is 0 Å². The zero-order valence-corrected chi connectivity index (χ0v) is 39.9. The lowest BCUT2D eigenvalue weighted by Gasteiger charge is -2.34. The van der Waals surface area contributed by atoms with Gasteiger partial charge in [0.1, 0.15) is 29.5 Å². The molecule has 0 aliphatic carbocycles. The van der Waals surface area contributed by atoms with Gasteiger partial charge < -0.3 is 51.8 Å². The third-order valence-electron chi connectivity index (χ3n) is 11.9. The number of hydrogen-bond donors (Lipinski definition) is 9. The molecule has 3 aromatic rings. The number of aromatic nitrogens is 2. The first-order valence-corrected chi connectivity index (χ1v) is 23.1. The van der Waals surface area contributed by atoms with Gasteiger partial charge in [-0.15, -0.1) is 0 Å². The number of imidazole rings is 1. The molecule has 0 spiro atoms. The Bertz CT molecular complexity index is 2250. The Morgan fingerprint density at radius 3 is 1.67 bits per heavy atom. The molecule has 4 rings (SSSR count). The van der Waals surface area contributed by atoms with Crippen LogP contribution in [0.15, 0.2) is 46.4 Å². The first-order valence-electron chi connectivity index (χ1n) is 23.1. The van der Waals surface area contributed by atoms with Crippen molar-refractivity contribution in [3.05, 3.63) is 74.1 Å². The molecule has 4 amide bonds. The molecule has 1 aromatic heterocycles. The number of anilines is 2. The highest BCUT2D eigenvalue weighted by Crippen LogP contribution is 2.22. The molecule has 1 aliphatic heterocycles. The van der Waals surface area contributed by atoms with Crippen molar-refractivity contribution >= 4 is 52.9 Å². The number of carbonyl (C=O) groups is 7. The van der Waals surface area contributed by atoms with Crippen molar-refractivity contribution in [2.75, 3.05) is 82.2 Å². The Morgan fingerprint density at radius 2 is 1.20 bits per heavy atom. The van der Waals surface area contributed by atoms with Crippen molar-refractivity contribution in [3.63, 3.8) is 0 Å². The fourth-order valence-electron chi connectivity index (χ4n) is 7.92. The molecular formula is C46H67N11O12. The molecule has 1 unspecified atom stereocenters. The Kier molecular flexibility index (Phi) is 21.3. The van der Waals surface area contributed by atoms with Gasteiger partial charge in [0.25, 0.3) is 10.9 Å². The number of carboxylic acid groups (broad SMARTS) is 3. The Labute approximate surface area is 400 Å². The minimum atomic E-state index is -1.09. The molecular weight excluding hydrogens is 899 g/mol. The summed E-state index contributed by atoms with van der Waals surface area (Å²) in [6, 6.07) is 4.19. The number of rotatable bonds is 24. The zero-order valence-electron chi connectivity index (χ0n) is 39.9. The summed E-state index contributed by atoms with van der Waals surface area (Å²) in [5, 5.41) is 42.8. The quantitative estimate of drug-likeness (QED) is 0.0488. The van der Waals surface area contributed by atoms with E-state index in [4.69, 9.17) is 0 Å². The predicted octanol–water partition coefficient (Wildman–Crippen LogP) is -0.977. The minimum Gasteiger partial charge on any atom is -0.480 e. The number of carboxylic acids is 3. The second-order valence-corrected chi connectivity index (χ2v) is 17.9. The lowest BCUT2D eigenvalue weighted by molar-refractivity contribution is -0.140. The van der Waals surface area contributed by atoms with Gasteiger partial charge in [0.2, 0.25) is 23.6 Å². The van der Waals surface area contributed by atoms with E-state index in [9.17, 15) is 58.5 Å². The number of H-pyrrole nitrogens is 1. The monoisotopic (exact) mass is 965 g/mol. The van der Waals surface area contributed by atoms with Gasteiger partial charge in [0.05, 0.1) is 26.0 Å². The molecule has 1 saturated heterocycles. The maximum Gasteiger partial charge on any atom is 0.317 e. The lowest BCUT2D eigenvalue weighted by Crippen LogP contribution is -2.58. The van der Waals surface area contributed by atoms with E-state index in [1.54, 1.807) is 43.9 Å². The van der Waals surface area contributed by atoms with Gasteiger partial charge in [0, 0.05) is 90.7 Å². The van der Waals surface area contributed by atoms with Crippen molar-refractivity contribution in [1.82, 2.24) is 45.9 Å². The summed E-state index contributed by atoms with van der Waals surface area (Å²) in [7, 11) is 0. The lowest BCUT2D eigenvalue weighted by atomic mass is 9.96. The maximum absolute atomic E-state index is 13.8. The van der Waals surface area contributed by atoms with Crippen LogP contribution < -0.4 is 42.3 Å². The van der Waals surface area contributed by atoms with E-state index in [2.05, 4.69) is 36.6 Å². The van der Waals surface area contributed by atoms with Crippen LogP contribution >= 0.6 is 0 Å². The predicted molar refractivity (Wildman–Crippen MR) is 254 cm³/mol. The van der Waals surface area contributed by atoms with E-state index < -0.39 is 70.5 Å². The Balaban J connectivity index is 1.41. The highest BCUT2D eigenvalue weighted by molar-refractivity contribution is 5.94. The second-order valence-electron chi connectivity index (χ2n) is 17.9. The van der Waals surface area contributed by atoms with E-state index in [1.165, 1.54) is 19.4 Å². The molecule has 9 N–H and O–H groups in total. The fourth-order valence-corrected chi connectivity index (χ4v) is 7.92. The molecule has 69 heavy (non-hydrogen) atoms. The number of carbonyl (C=O) groups excluding carboxylic acids is 4. The van der Waals surface area contributed by atoms with E-state index >= 15 is 0 Å². The minimum absolute atomic E-state index is 0.0140. The molecule has 4 atom stereocenters. The van der Waals surface area contributed by atoms with Crippen LogP contribution in [0.2, 0.25) is 0 Å². The molecule has 2 heterocycles. The standard InChI is InChI=1S/C46H67N11O12/c1-6-29(4)39(53-45(68)35(51-30(5)58)20-33-23-47-27-50-33)46(69)52-34(19-28(2)3)44(67)49-22-32-9-7-31(8-10-32)21-48-40-41(43(66)42(40)65)57-17-15-55(25-37(61)62)13-11-54(24-36(59)60)12-14-56(16-18-57)26-38(63)64/h7-10,23,27-29,34-35,39,48H,6,11-22,24-26H2,1-5H3,(H,47,50)(H,49,67)(H,51,58)(H,52,69)(H,53,68)(H,59,60)(H,61,62)(H,63,64)/t29?,34-,35-,39-/m0/s1. The molecule has 0 saturated carbocycles. The van der Waals surface area contributed by atoms with Gasteiger partial charge in [-0.1, -0.05) is 58.4 Å². The average Bonchev–Trinajstić information content (AvgIpc) is 3.80. The molecule has 0 radical (unpaired) electrons. The maximum atomic E-state index is 13.8. The highest BCUT2D eigenvalue weighted by Gasteiger charge is 2.33. The smallest absolute Gasteiger partial charge is 0.317 e. The Hall–Kier alpha value is -6.72. The summed E-state index contributed by atoms with van der Waals surface area (Å²) in [5.41, 5.74) is 0.782. The summed E-state index contributed by atoms with van der Waals surface area (Å²) in [5.74, 6) is -5.54. The summed E-state index contributed by atoms with van der Waals surface area (Å²) in [6.07, 6.45) is 3.95. The number of hydrogen-bond acceptors (Lipinski definition) is 15. The van der Waals surface area contributed by atoms with Crippen molar-refractivity contribution in [2.45, 2.75) is 85.1 Å². The van der Waals surface area contributed by atoms with Crippen LogP contribution in [0.25, 0.3) is 0 Å². The first-order chi connectivity index (χ1) is 32.7. The van der Waals surface area contributed by atoms with Gasteiger partial charge in [-0.2, -0.15) is 0 Å². The van der Waals surface area contributed by atoms with Crippen molar-refractivity contribution in [1.29, 1.82) is 0 Å².